The highest BCUT2D eigenvalue weighted by molar-refractivity contribution is 5.77. The predicted octanol–water partition coefficient (Wildman–Crippen LogP) is 6.56. The molecule has 0 aliphatic heterocycles. The van der Waals surface area contributed by atoms with Gasteiger partial charge in [-0.1, -0.05) is 92.9 Å². The Kier molecular flexibility index (Phi) is 6.63. The Morgan fingerprint density at radius 3 is 2.26 bits per heavy atom. The first-order valence-electron chi connectivity index (χ1n) is 9.87. The summed E-state index contributed by atoms with van der Waals surface area (Å²) >= 11 is 0. The maximum atomic E-state index is 9.61. The van der Waals surface area contributed by atoms with Gasteiger partial charge in [0.2, 0.25) is 0 Å². The van der Waals surface area contributed by atoms with Crippen LogP contribution in [0.4, 0.5) is 0 Å². The first-order chi connectivity index (χ1) is 13.3. The monoisotopic (exact) mass is 357 g/mol. The zero-order valence-corrected chi connectivity index (χ0v) is 16.0. The molecule has 1 unspecified atom stereocenters. The SMILES string of the molecule is CCCCCCOC1(C#N)C=CC(c2ccc(-c3ccccc3)cc2)=CC1. The summed E-state index contributed by atoms with van der Waals surface area (Å²) < 4.78 is 5.93. The van der Waals surface area contributed by atoms with Crippen LogP contribution in [0.15, 0.2) is 72.8 Å². The van der Waals surface area contributed by atoms with Gasteiger partial charge in [0, 0.05) is 13.0 Å². The van der Waals surface area contributed by atoms with Gasteiger partial charge in [-0.3, -0.25) is 0 Å². The molecule has 0 saturated carbocycles. The third kappa shape index (κ3) is 4.96. The number of rotatable bonds is 8. The van der Waals surface area contributed by atoms with Gasteiger partial charge in [-0.05, 0) is 34.8 Å². The van der Waals surface area contributed by atoms with Crippen molar-refractivity contribution in [1.82, 2.24) is 0 Å². The second-order valence-electron chi connectivity index (χ2n) is 7.05. The zero-order chi connectivity index (χ0) is 19.0. The van der Waals surface area contributed by atoms with Crippen molar-refractivity contribution >= 4 is 5.57 Å². The van der Waals surface area contributed by atoms with Gasteiger partial charge in [-0.25, -0.2) is 0 Å². The molecule has 3 rings (SSSR count). The largest absolute Gasteiger partial charge is 0.356 e. The van der Waals surface area contributed by atoms with Gasteiger partial charge >= 0.3 is 0 Å². The number of nitriles is 1. The molecule has 2 aromatic rings. The predicted molar refractivity (Wildman–Crippen MR) is 112 cm³/mol. The Bertz CT molecular complexity index is 827. The molecular formula is C25H27NO. The van der Waals surface area contributed by atoms with E-state index in [2.05, 4.69) is 67.6 Å². The molecule has 2 heteroatoms. The zero-order valence-electron chi connectivity index (χ0n) is 16.0. The summed E-state index contributed by atoms with van der Waals surface area (Å²) in [6, 6.07) is 21.3. The smallest absolute Gasteiger partial charge is 0.176 e. The molecular weight excluding hydrogens is 330 g/mol. The Morgan fingerprint density at radius 1 is 0.926 bits per heavy atom. The molecule has 0 radical (unpaired) electrons. The standard InChI is InChI=1S/C25H27NO/c1-2-3-4-8-19-27-25(20-26)17-15-24(16-18-25)23-13-11-22(12-14-23)21-9-6-5-7-10-21/h5-7,9-17H,2-4,8,18-19H2,1H3. The summed E-state index contributed by atoms with van der Waals surface area (Å²) in [6.07, 6.45) is 11.3. The van der Waals surface area contributed by atoms with Gasteiger partial charge in [-0.15, -0.1) is 0 Å². The molecule has 0 saturated heterocycles. The van der Waals surface area contributed by atoms with E-state index in [4.69, 9.17) is 4.74 Å². The Hall–Kier alpha value is -2.63. The van der Waals surface area contributed by atoms with Crippen molar-refractivity contribution in [2.45, 2.75) is 44.6 Å². The molecule has 1 aliphatic rings. The molecule has 2 nitrogen and oxygen atoms in total. The van der Waals surface area contributed by atoms with Gasteiger partial charge in [-0.2, -0.15) is 5.26 Å². The van der Waals surface area contributed by atoms with E-state index >= 15 is 0 Å². The van der Waals surface area contributed by atoms with Crippen LogP contribution in [-0.4, -0.2) is 12.2 Å². The van der Waals surface area contributed by atoms with Crippen LogP contribution in [0, 0.1) is 11.3 Å². The Balaban J connectivity index is 1.63. The molecule has 0 fully saturated rings. The van der Waals surface area contributed by atoms with Crippen LogP contribution >= 0.6 is 0 Å². The lowest BCUT2D eigenvalue weighted by molar-refractivity contribution is 0.0324. The lowest BCUT2D eigenvalue weighted by Gasteiger charge is -2.25. The quantitative estimate of drug-likeness (QED) is 0.501. The van der Waals surface area contributed by atoms with Crippen LogP contribution in [0.5, 0.6) is 0 Å². The van der Waals surface area contributed by atoms with E-state index in [1.807, 2.05) is 18.2 Å². The van der Waals surface area contributed by atoms with Gasteiger partial charge < -0.3 is 4.74 Å². The third-order valence-corrected chi connectivity index (χ3v) is 5.03. The first kappa shape index (κ1) is 19.1. The summed E-state index contributed by atoms with van der Waals surface area (Å²) in [4.78, 5) is 0. The number of hydrogen-bond acceptors (Lipinski definition) is 2. The van der Waals surface area contributed by atoms with Gasteiger partial charge in [0.25, 0.3) is 0 Å². The minimum Gasteiger partial charge on any atom is -0.356 e. The van der Waals surface area contributed by atoms with E-state index in [9.17, 15) is 5.26 Å². The molecule has 0 spiro atoms. The summed E-state index contributed by atoms with van der Waals surface area (Å²) in [5.74, 6) is 0. The molecule has 27 heavy (non-hydrogen) atoms. The molecule has 138 valence electrons. The number of benzene rings is 2. The fraction of sp³-hybridized carbons (Fsp3) is 0.320. The third-order valence-electron chi connectivity index (χ3n) is 5.03. The normalized spacial score (nSPS) is 18.7. The van der Waals surface area contributed by atoms with Gasteiger partial charge in [0.05, 0.1) is 0 Å². The average Bonchev–Trinajstić information content (AvgIpc) is 2.75. The topological polar surface area (TPSA) is 33.0 Å². The van der Waals surface area contributed by atoms with Gasteiger partial charge in [0.1, 0.15) is 6.07 Å². The van der Waals surface area contributed by atoms with Crippen LogP contribution < -0.4 is 0 Å². The van der Waals surface area contributed by atoms with Crippen molar-refractivity contribution in [3.8, 4) is 17.2 Å². The second kappa shape index (κ2) is 9.35. The van der Waals surface area contributed by atoms with Crippen molar-refractivity contribution in [3.63, 3.8) is 0 Å². The summed E-state index contributed by atoms with van der Waals surface area (Å²) in [6.45, 7) is 2.84. The molecule has 0 amide bonds. The van der Waals surface area contributed by atoms with E-state index in [1.54, 1.807) is 0 Å². The van der Waals surface area contributed by atoms with E-state index in [-0.39, 0.29) is 0 Å². The van der Waals surface area contributed by atoms with Gasteiger partial charge in [0.15, 0.2) is 5.60 Å². The summed E-state index contributed by atoms with van der Waals surface area (Å²) in [5, 5.41) is 9.61. The van der Waals surface area contributed by atoms with Crippen molar-refractivity contribution < 1.29 is 4.74 Å². The fourth-order valence-electron chi connectivity index (χ4n) is 3.33. The highest BCUT2D eigenvalue weighted by Crippen LogP contribution is 2.30. The average molecular weight is 357 g/mol. The maximum absolute atomic E-state index is 9.61. The molecule has 2 aromatic carbocycles. The lowest BCUT2D eigenvalue weighted by atomic mass is 9.89. The van der Waals surface area contributed by atoms with E-state index in [0.29, 0.717) is 13.0 Å². The number of allylic oxidation sites excluding steroid dienone is 2. The highest BCUT2D eigenvalue weighted by Gasteiger charge is 2.29. The molecule has 0 heterocycles. The minimum absolute atomic E-state index is 0.601. The van der Waals surface area contributed by atoms with E-state index < -0.39 is 5.60 Å². The van der Waals surface area contributed by atoms with Crippen molar-refractivity contribution in [3.05, 3.63) is 78.4 Å². The number of ether oxygens (including phenoxy) is 1. The summed E-state index contributed by atoms with van der Waals surface area (Å²) in [5.41, 5.74) is 3.94. The molecule has 1 aliphatic carbocycles. The van der Waals surface area contributed by atoms with Crippen LogP contribution in [0.25, 0.3) is 16.7 Å². The maximum Gasteiger partial charge on any atom is 0.176 e. The second-order valence-corrected chi connectivity index (χ2v) is 7.05. The van der Waals surface area contributed by atoms with Crippen molar-refractivity contribution in [2.75, 3.05) is 6.61 Å². The van der Waals surface area contributed by atoms with E-state index in [0.717, 1.165) is 18.4 Å². The molecule has 0 N–H and O–H groups in total. The molecule has 0 aromatic heterocycles. The summed E-state index contributed by atoms with van der Waals surface area (Å²) in [7, 11) is 0. The van der Waals surface area contributed by atoms with Crippen LogP contribution in [-0.2, 0) is 4.74 Å². The van der Waals surface area contributed by atoms with Crippen LogP contribution in [0.3, 0.4) is 0 Å². The number of hydrogen-bond donors (Lipinski definition) is 0. The molecule has 0 bridgehead atoms. The lowest BCUT2D eigenvalue weighted by Crippen LogP contribution is -2.29. The fourth-order valence-corrected chi connectivity index (χ4v) is 3.33. The van der Waals surface area contributed by atoms with Crippen molar-refractivity contribution in [2.24, 2.45) is 0 Å². The first-order valence-corrected chi connectivity index (χ1v) is 9.87. The highest BCUT2D eigenvalue weighted by atomic mass is 16.5. The number of nitrogens with zero attached hydrogens (tertiary/aromatic N) is 1. The van der Waals surface area contributed by atoms with Crippen LogP contribution in [0.2, 0.25) is 0 Å². The number of unbranched alkanes of at least 4 members (excludes halogenated alkanes) is 3. The van der Waals surface area contributed by atoms with E-state index in [1.165, 1.54) is 29.5 Å². The molecule has 1 atom stereocenters. The van der Waals surface area contributed by atoms with Crippen molar-refractivity contribution in [1.29, 1.82) is 5.26 Å². The van der Waals surface area contributed by atoms with Crippen LogP contribution in [0.1, 0.15) is 44.6 Å². The Labute approximate surface area is 162 Å². The minimum atomic E-state index is -0.806. The Morgan fingerprint density at radius 2 is 1.63 bits per heavy atom.